The molecule has 1 aliphatic rings. The minimum atomic E-state index is -1.32. The number of pyridine rings is 1. The average molecular weight is 982 g/mol. The molecule has 0 spiro atoms. The van der Waals surface area contributed by atoms with Crippen molar-refractivity contribution in [2.75, 3.05) is 26.7 Å². The van der Waals surface area contributed by atoms with Gasteiger partial charge >= 0.3 is 0 Å². The highest BCUT2D eigenvalue weighted by molar-refractivity contribution is 6.30. The first-order valence-electron chi connectivity index (χ1n) is 22.9. The molecule has 2 heterocycles. The van der Waals surface area contributed by atoms with Gasteiger partial charge in [0.25, 0.3) is 0 Å². The summed E-state index contributed by atoms with van der Waals surface area (Å²) < 4.78 is 0. The molecule has 6 atom stereocenters. The number of guanidine groups is 1. The maximum absolute atomic E-state index is 14.5. The van der Waals surface area contributed by atoms with Gasteiger partial charge in [0, 0.05) is 63.2 Å². The Hall–Kier alpha value is -7.61. The summed E-state index contributed by atoms with van der Waals surface area (Å²) in [6.07, 6.45) is 2.58. The van der Waals surface area contributed by atoms with Gasteiger partial charge in [-0.15, -0.1) is 0 Å². The molecule has 1 fully saturated rings. The number of nitrogens with two attached hydrogens (primary N) is 3. The molecule has 70 heavy (non-hydrogen) atoms. The smallest absolute Gasteiger partial charge is 0.245 e. The molecular formula is C49H61ClN12O8. The number of nitrogens with one attached hydrogen (secondary N) is 5. The van der Waals surface area contributed by atoms with Crippen molar-refractivity contribution in [3.05, 3.63) is 113 Å². The number of hydrogen-bond acceptors (Lipinski definition) is 10. The fraction of sp³-hybridized carbons (Fsp3) is 0.388. The molecule has 0 aliphatic carbocycles. The van der Waals surface area contributed by atoms with Crippen molar-refractivity contribution in [3.8, 4) is 0 Å². The third kappa shape index (κ3) is 16.0. The molecule has 4 aromatic rings. The molecule has 0 bridgehead atoms. The predicted molar refractivity (Wildman–Crippen MR) is 263 cm³/mol. The van der Waals surface area contributed by atoms with Gasteiger partial charge < -0.3 is 53.6 Å². The number of aliphatic imine (C=N–C) groups is 1. The number of nitrogens with zero attached hydrogens (tertiary/aromatic N) is 4. The number of aromatic nitrogens is 1. The number of likely N-dealkylation sites (tertiary alicyclic amines) is 1. The van der Waals surface area contributed by atoms with Crippen LogP contribution in [0, 0.1) is 0 Å². The lowest BCUT2D eigenvalue weighted by atomic mass is 9.99. The second-order valence-electron chi connectivity index (χ2n) is 17.2. The van der Waals surface area contributed by atoms with Crippen molar-refractivity contribution in [2.45, 2.75) is 95.0 Å². The SMILES string of the molecule is CC(=O)N[C@H](Cc1ccc2ccccc2c1)C(=O)N[C@H](Cc1ccc(Cl)cc1)C(=O)N[C@H](Cc1ccccn1)C(=O)N(C)CC(=O)N[C@@H](CCCN=C(N)N)C(=O)N1CCC[C@H]1C(=O)N[C@H](C)C(N)=O. The Bertz CT molecular complexity index is 2540. The van der Waals surface area contributed by atoms with E-state index in [0.29, 0.717) is 29.1 Å². The van der Waals surface area contributed by atoms with E-state index in [2.05, 4.69) is 36.6 Å². The highest BCUT2D eigenvalue weighted by Gasteiger charge is 2.39. The van der Waals surface area contributed by atoms with E-state index in [1.165, 1.54) is 32.0 Å². The topological polar surface area (TPSA) is 306 Å². The maximum Gasteiger partial charge on any atom is 0.245 e. The number of primary amides is 1. The molecule has 20 nitrogen and oxygen atoms in total. The summed E-state index contributed by atoms with van der Waals surface area (Å²) in [6.45, 7) is 2.48. The van der Waals surface area contributed by atoms with E-state index in [0.717, 1.165) is 21.2 Å². The summed E-state index contributed by atoms with van der Waals surface area (Å²) >= 11 is 6.17. The summed E-state index contributed by atoms with van der Waals surface area (Å²) in [7, 11) is 1.35. The number of carbonyl (C=O) groups excluding carboxylic acids is 8. The van der Waals surface area contributed by atoms with Crippen molar-refractivity contribution in [1.82, 2.24) is 41.4 Å². The minimum absolute atomic E-state index is 0.0391. The summed E-state index contributed by atoms with van der Waals surface area (Å²) in [6, 6.07) is 18.4. The highest BCUT2D eigenvalue weighted by atomic mass is 35.5. The molecule has 0 radical (unpaired) electrons. The summed E-state index contributed by atoms with van der Waals surface area (Å²) in [4.78, 5) is 119. The fourth-order valence-corrected chi connectivity index (χ4v) is 8.16. The van der Waals surface area contributed by atoms with Crippen molar-refractivity contribution in [3.63, 3.8) is 0 Å². The van der Waals surface area contributed by atoms with E-state index >= 15 is 0 Å². The Labute approximate surface area is 410 Å². The molecule has 3 aromatic carbocycles. The first-order valence-corrected chi connectivity index (χ1v) is 23.3. The summed E-state index contributed by atoms with van der Waals surface area (Å²) in [5.41, 5.74) is 18.1. The van der Waals surface area contributed by atoms with Crippen LogP contribution in [-0.2, 0) is 57.6 Å². The quantitative estimate of drug-likeness (QED) is 0.0285. The number of hydrogen-bond donors (Lipinski definition) is 8. The number of fused-ring (bicyclic) bond motifs is 1. The zero-order valence-corrected chi connectivity index (χ0v) is 40.1. The summed E-state index contributed by atoms with van der Waals surface area (Å²) in [5.74, 6) is -5.34. The number of carbonyl (C=O) groups is 8. The second-order valence-corrected chi connectivity index (χ2v) is 17.6. The third-order valence-corrected chi connectivity index (χ3v) is 11.9. The number of halogens is 1. The Balaban J connectivity index is 1.36. The lowest BCUT2D eigenvalue weighted by molar-refractivity contribution is -0.143. The van der Waals surface area contributed by atoms with Gasteiger partial charge in [0.2, 0.25) is 47.3 Å². The molecule has 5 rings (SSSR count). The van der Waals surface area contributed by atoms with Crippen LogP contribution in [0.4, 0.5) is 0 Å². The monoisotopic (exact) mass is 980 g/mol. The Morgan fingerprint density at radius 3 is 2.07 bits per heavy atom. The van der Waals surface area contributed by atoms with Gasteiger partial charge in [-0.2, -0.15) is 0 Å². The maximum atomic E-state index is 14.5. The van der Waals surface area contributed by atoms with E-state index in [4.69, 9.17) is 28.8 Å². The van der Waals surface area contributed by atoms with E-state index in [-0.39, 0.29) is 51.2 Å². The van der Waals surface area contributed by atoms with Gasteiger partial charge in [0.15, 0.2) is 5.96 Å². The standard InChI is InChI=1S/C49H61ClN12O8/c1-29(43(51)65)56-46(68)41-14-9-23-62(41)48(70)37(13-8-22-55-49(52)53)58-42(64)28-61(3)47(69)40(27-36-12-6-7-21-54-36)60-45(67)39(25-31-16-19-35(50)20-17-31)59-44(66)38(57-30(2)63)26-32-15-18-33-10-4-5-11-34(33)24-32/h4-7,10-12,15-21,24,29,37-41H,8-9,13-14,22-23,25-28H2,1-3H3,(H2,51,65)(H,56,68)(H,57,63)(H,58,64)(H,59,66)(H,60,67)(H4,52,53,55)/t29-,37+,38-,39-,40-,41+/m1/s1. The van der Waals surface area contributed by atoms with E-state index in [9.17, 15) is 38.4 Å². The molecule has 372 valence electrons. The van der Waals surface area contributed by atoms with Crippen LogP contribution in [0.3, 0.4) is 0 Å². The van der Waals surface area contributed by atoms with Gasteiger partial charge in [0.05, 0.1) is 6.54 Å². The Kier molecular flexibility index (Phi) is 19.6. The van der Waals surface area contributed by atoms with Crippen molar-refractivity contribution >= 4 is 75.6 Å². The number of benzene rings is 3. The first kappa shape index (κ1) is 53.3. The molecule has 11 N–H and O–H groups in total. The zero-order valence-electron chi connectivity index (χ0n) is 39.4. The Morgan fingerprint density at radius 2 is 1.41 bits per heavy atom. The Morgan fingerprint density at radius 1 is 0.771 bits per heavy atom. The van der Waals surface area contributed by atoms with Gasteiger partial charge in [0.1, 0.15) is 36.3 Å². The molecule has 21 heteroatoms. The normalized spacial score (nSPS) is 15.3. The fourth-order valence-electron chi connectivity index (χ4n) is 8.04. The molecule has 8 amide bonds. The van der Waals surface area contributed by atoms with E-state index in [1.807, 2.05) is 42.5 Å². The van der Waals surface area contributed by atoms with Crippen molar-refractivity contribution in [2.24, 2.45) is 22.2 Å². The van der Waals surface area contributed by atoms with Gasteiger partial charge in [-0.05, 0) is 78.8 Å². The molecule has 0 unspecified atom stereocenters. The second kappa shape index (κ2) is 25.7. The molecule has 1 aliphatic heterocycles. The molecule has 0 saturated carbocycles. The van der Waals surface area contributed by atoms with Crippen LogP contribution >= 0.6 is 11.6 Å². The van der Waals surface area contributed by atoms with E-state index in [1.54, 1.807) is 42.5 Å². The van der Waals surface area contributed by atoms with Gasteiger partial charge in [-0.1, -0.05) is 72.3 Å². The van der Waals surface area contributed by atoms with Gasteiger partial charge in [-0.3, -0.25) is 48.3 Å². The lowest BCUT2D eigenvalue weighted by Crippen LogP contribution is -2.59. The highest BCUT2D eigenvalue weighted by Crippen LogP contribution is 2.21. The molecule has 1 aromatic heterocycles. The van der Waals surface area contributed by atoms with E-state index < -0.39 is 90.1 Å². The first-order chi connectivity index (χ1) is 33.4. The van der Waals surface area contributed by atoms with Crippen LogP contribution in [0.1, 0.15) is 56.4 Å². The van der Waals surface area contributed by atoms with Crippen molar-refractivity contribution < 1.29 is 38.4 Å². The molecule has 1 saturated heterocycles. The predicted octanol–water partition coefficient (Wildman–Crippen LogP) is 0.368. The zero-order chi connectivity index (χ0) is 50.9. The summed E-state index contributed by atoms with van der Waals surface area (Å²) in [5, 5.41) is 15.9. The van der Waals surface area contributed by atoms with Crippen LogP contribution in [0.2, 0.25) is 5.02 Å². The molecular weight excluding hydrogens is 920 g/mol. The van der Waals surface area contributed by atoms with Crippen LogP contribution in [0.25, 0.3) is 10.8 Å². The number of amides is 8. The van der Waals surface area contributed by atoms with Crippen molar-refractivity contribution in [1.29, 1.82) is 0 Å². The lowest BCUT2D eigenvalue weighted by Gasteiger charge is -2.30. The number of likely N-dealkylation sites (N-methyl/N-ethyl adjacent to an activating group) is 1. The third-order valence-electron chi connectivity index (χ3n) is 11.6. The van der Waals surface area contributed by atoms with Gasteiger partial charge in [-0.25, -0.2) is 0 Å². The average Bonchev–Trinajstić information content (AvgIpc) is 3.82. The minimum Gasteiger partial charge on any atom is -0.370 e. The number of rotatable bonds is 23. The van der Waals surface area contributed by atoms with Crippen LogP contribution in [0.5, 0.6) is 0 Å². The largest absolute Gasteiger partial charge is 0.370 e. The van der Waals surface area contributed by atoms with Crippen LogP contribution in [0.15, 0.2) is 96.1 Å². The van der Waals surface area contributed by atoms with Crippen LogP contribution < -0.4 is 43.8 Å². The van der Waals surface area contributed by atoms with Crippen LogP contribution in [-0.4, -0.2) is 131 Å².